The molecule has 0 spiro atoms. The fourth-order valence-electron chi connectivity index (χ4n) is 2.31. The lowest BCUT2D eigenvalue weighted by Gasteiger charge is -2.33. The van der Waals surface area contributed by atoms with Crippen molar-refractivity contribution >= 4 is 23.5 Å². The van der Waals surface area contributed by atoms with E-state index in [1.165, 1.54) is 6.20 Å². The Labute approximate surface area is 122 Å². The van der Waals surface area contributed by atoms with Crippen molar-refractivity contribution in [1.29, 1.82) is 0 Å². The molecule has 0 radical (unpaired) electrons. The van der Waals surface area contributed by atoms with Crippen LogP contribution in [0.3, 0.4) is 0 Å². The summed E-state index contributed by atoms with van der Waals surface area (Å²) in [5.41, 5.74) is 0.297. The van der Waals surface area contributed by atoms with Gasteiger partial charge in [-0.25, -0.2) is 9.78 Å². The summed E-state index contributed by atoms with van der Waals surface area (Å²) in [6.07, 6.45) is 3.87. The number of hydrogen-bond donors (Lipinski definition) is 0. The zero-order valence-corrected chi connectivity index (χ0v) is 12.1. The van der Waals surface area contributed by atoms with Crippen LogP contribution in [0.25, 0.3) is 0 Å². The number of carbonyl (C=O) groups excluding carboxylic acids is 2. The van der Waals surface area contributed by atoms with Gasteiger partial charge in [-0.1, -0.05) is 11.6 Å². The number of ether oxygens (including phenoxy) is 1. The predicted molar refractivity (Wildman–Crippen MR) is 74.6 cm³/mol. The van der Waals surface area contributed by atoms with Gasteiger partial charge in [0.1, 0.15) is 11.7 Å². The van der Waals surface area contributed by atoms with Gasteiger partial charge in [0.15, 0.2) is 0 Å². The fourth-order valence-corrected chi connectivity index (χ4v) is 2.42. The Kier molecular flexibility index (Phi) is 4.95. The number of aromatic nitrogens is 1. The SMILES string of the molecule is CCOC(=O)C1CCCCN1C(=O)c1ccc(Cl)cn1. The van der Waals surface area contributed by atoms with Crippen LogP contribution in [-0.4, -0.2) is 41.0 Å². The third kappa shape index (κ3) is 3.28. The van der Waals surface area contributed by atoms with Crippen molar-refractivity contribution < 1.29 is 14.3 Å². The number of esters is 1. The summed E-state index contributed by atoms with van der Waals surface area (Å²) in [5.74, 6) is -0.589. The average molecular weight is 297 g/mol. The van der Waals surface area contributed by atoms with Crippen LogP contribution >= 0.6 is 11.6 Å². The molecule has 1 saturated heterocycles. The van der Waals surface area contributed by atoms with Gasteiger partial charge in [-0.2, -0.15) is 0 Å². The maximum absolute atomic E-state index is 12.4. The van der Waals surface area contributed by atoms with E-state index in [4.69, 9.17) is 16.3 Å². The molecule has 1 atom stereocenters. The zero-order chi connectivity index (χ0) is 14.5. The van der Waals surface area contributed by atoms with Gasteiger partial charge in [-0.05, 0) is 38.3 Å². The molecule has 1 unspecified atom stereocenters. The summed E-state index contributed by atoms with van der Waals surface area (Å²) in [4.78, 5) is 30.0. The molecule has 2 heterocycles. The van der Waals surface area contributed by atoms with Crippen molar-refractivity contribution in [2.75, 3.05) is 13.2 Å². The van der Waals surface area contributed by atoms with E-state index in [1.807, 2.05) is 0 Å². The van der Waals surface area contributed by atoms with Crippen molar-refractivity contribution in [3.63, 3.8) is 0 Å². The van der Waals surface area contributed by atoms with Gasteiger partial charge in [0.25, 0.3) is 5.91 Å². The number of piperidine rings is 1. The van der Waals surface area contributed by atoms with E-state index < -0.39 is 6.04 Å². The normalized spacial score (nSPS) is 18.7. The maximum atomic E-state index is 12.4. The Morgan fingerprint density at radius 3 is 2.90 bits per heavy atom. The van der Waals surface area contributed by atoms with Crippen LogP contribution in [-0.2, 0) is 9.53 Å². The lowest BCUT2D eigenvalue weighted by molar-refractivity contribution is -0.149. The second-order valence-corrected chi connectivity index (χ2v) is 5.06. The largest absolute Gasteiger partial charge is 0.464 e. The van der Waals surface area contributed by atoms with Crippen molar-refractivity contribution in [3.05, 3.63) is 29.0 Å². The average Bonchev–Trinajstić information content (AvgIpc) is 2.47. The second kappa shape index (κ2) is 6.70. The van der Waals surface area contributed by atoms with E-state index in [0.29, 0.717) is 30.3 Å². The molecule has 1 aromatic heterocycles. The summed E-state index contributed by atoms with van der Waals surface area (Å²) in [6, 6.07) is 2.68. The predicted octanol–water partition coefficient (Wildman–Crippen LogP) is 2.29. The molecule has 1 fully saturated rings. The Hall–Kier alpha value is -1.62. The first-order valence-electron chi connectivity index (χ1n) is 6.72. The first-order valence-corrected chi connectivity index (χ1v) is 7.10. The first kappa shape index (κ1) is 14.8. The molecule has 108 valence electrons. The van der Waals surface area contributed by atoms with Crippen LogP contribution in [0, 0.1) is 0 Å². The highest BCUT2D eigenvalue weighted by Crippen LogP contribution is 2.20. The van der Waals surface area contributed by atoms with Crippen molar-refractivity contribution in [3.8, 4) is 0 Å². The minimum Gasteiger partial charge on any atom is -0.464 e. The molecule has 1 amide bonds. The quantitative estimate of drug-likeness (QED) is 0.803. The summed E-state index contributed by atoms with van der Waals surface area (Å²) in [6.45, 7) is 2.62. The monoisotopic (exact) mass is 296 g/mol. The molecule has 1 aliphatic heterocycles. The first-order chi connectivity index (χ1) is 9.63. The van der Waals surface area contributed by atoms with E-state index in [9.17, 15) is 9.59 Å². The molecular formula is C14H17ClN2O3. The summed E-state index contributed by atoms with van der Waals surface area (Å²) < 4.78 is 5.04. The smallest absolute Gasteiger partial charge is 0.328 e. The van der Waals surface area contributed by atoms with Crippen LogP contribution in [0.4, 0.5) is 0 Å². The fraction of sp³-hybridized carbons (Fsp3) is 0.500. The van der Waals surface area contributed by atoms with Gasteiger partial charge < -0.3 is 9.64 Å². The molecule has 0 N–H and O–H groups in total. The molecule has 1 aliphatic rings. The van der Waals surface area contributed by atoms with Gasteiger partial charge in [0.05, 0.1) is 11.6 Å². The minimum atomic E-state index is -0.506. The van der Waals surface area contributed by atoms with Crippen LogP contribution in [0.5, 0.6) is 0 Å². The number of amides is 1. The van der Waals surface area contributed by atoms with Crippen LogP contribution in [0.1, 0.15) is 36.7 Å². The van der Waals surface area contributed by atoms with Gasteiger partial charge in [-0.15, -0.1) is 0 Å². The molecule has 5 nitrogen and oxygen atoms in total. The van der Waals surface area contributed by atoms with Crippen LogP contribution < -0.4 is 0 Å². The van der Waals surface area contributed by atoms with E-state index in [-0.39, 0.29) is 11.9 Å². The van der Waals surface area contributed by atoms with Gasteiger partial charge in [-0.3, -0.25) is 4.79 Å². The Morgan fingerprint density at radius 1 is 1.45 bits per heavy atom. The molecule has 0 saturated carbocycles. The molecule has 2 rings (SSSR count). The minimum absolute atomic E-state index is 0.251. The highest BCUT2D eigenvalue weighted by Gasteiger charge is 2.34. The molecule has 0 aliphatic carbocycles. The molecule has 20 heavy (non-hydrogen) atoms. The summed E-state index contributed by atoms with van der Waals surface area (Å²) in [7, 11) is 0. The van der Waals surface area contributed by atoms with Crippen LogP contribution in [0.15, 0.2) is 18.3 Å². The highest BCUT2D eigenvalue weighted by atomic mass is 35.5. The van der Waals surface area contributed by atoms with Gasteiger partial charge >= 0.3 is 5.97 Å². The number of halogens is 1. The van der Waals surface area contributed by atoms with E-state index >= 15 is 0 Å². The zero-order valence-electron chi connectivity index (χ0n) is 11.3. The topological polar surface area (TPSA) is 59.5 Å². The number of hydrogen-bond acceptors (Lipinski definition) is 4. The van der Waals surface area contributed by atoms with Crippen molar-refractivity contribution in [2.24, 2.45) is 0 Å². The molecular weight excluding hydrogens is 280 g/mol. The lowest BCUT2D eigenvalue weighted by Crippen LogP contribution is -2.48. The van der Waals surface area contributed by atoms with E-state index in [1.54, 1.807) is 24.0 Å². The number of nitrogens with zero attached hydrogens (tertiary/aromatic N) is 2. The molecule has 1 aromatic rings. The van der Waals surface area contributed by atoms with Crippen LogP contribution in [0.2, 0.25) is 5.02 Å². The number of likely N-dealkylation sites (tertiary alicyclic amines) is 1. The van der Waals surface area contributed by atoms with Crippen molar-refractivity contribution in [2.45, 2.75) is 32.2 Å². The molecule has 0 aromatic carbocycles. The number of rotatable bonds is 3. The van der Waals surface area contributed by atoms with Gasteiger partial charge in [0.2, 0.25) is 0 Å². The second-order valence-electron chi connectivity index (χ2n) is 4.62. The van der Waals surface area contributed by atoms with Gasteiger partial charge in [0, 0.05) is 12.7 Å². The Bertz CT molecular complexity index is 490. The van der Waals surface area contributed by atoms with E-state index in [0.717, 1.165) is 12.8 Å². The number of carbonyl (C=O) groups is 2. The third-order valence-corrected chi connectivity index (χ3v) is 3.49. The lowest BCUT2D eigenvalue weighted by atomic mass is 10.0. The van der Waals surface area contributed by atoms with Crippen molar-refractivity contribution in [1.82, 2.24) is 9.88 Å². The van der Waals surface area contributed by atoms with E-state index in [2.05, 4.69) is 4.98 Å². The summed E-state index contributed by atoms with van der Waals surface area (Å²) in [5, 5.41) is 0.474. The highest BCUT2D eigenvalue weighted by molar-refractivity contribution is 6.30. The maximum Gasteiger partial charge on any atom is 0.328 e. The third-order valence-electron chi connectivity index (χ3n) is 3.27. The summed E-state index contributed by atoms with van der Waals surface area (Å²) >= 11 is 5.76. The molecule has 6 heteroatoms. The Balaban J connectivity index is 2.16. The number of pyridine rings is 1. The molecule has 0 bridgehead atoms. The Morgan fingerprint density at radius 2 is 2.25 bits per heavy atom. The standard InChI is InChI=1S/C14H17ClN2O3/c1-2-20-14(19)12-5-3-4-8-17(12)13(18)11-7-6-10(15)9-16-11/h6-7,9,12H,2-5,8H2,1H3.